The standard InChI is InChI=1S/C4H8N2S4.2C3H6NS.2CH2NS.2Zn/c7-3(8)5-1-2-6-4(9)10;2*1-4(2)3-5;2*2-1-3;;/h1-2H2,(H2,5,7,8)(H2,6,9,10);2*1-2H3;2*(H2,2,3);;/q;4*-1;2*+2. The Balaban J connectivity index is -0.0000000423. The van der Waals surface area contributed by atoms with Gasteiger partial charge in [-0.3, -0.25) is 0 Å². The van der Waals surface area contributed by atoms with Crippen molar-refractivity contribution in [3.63, 3.8) is 0 Å². The first-order valence-corrected chi connectivity index (χ1v) is 9.54. The molecule has 0 radical (unpaired) electrons. The zero-order valence-corrected chi connectivity index (χ0v) is 28.8. The topological polar surface area (TPSA) is 82.6 Å². The summed E-state index contributed by atoms with van der Waals surface area (Å²) >= 11 is 33.6. The molecule has 0 aromatic rings. The van der Waals surface area contributed by atoms with Gasteiger partial charge >= 0.3 is 39.0 Å². The van der Waals surface area contributed by atoms with Gasteiger partial charge in [-0.2, -0.15) is 0 Å². The average molecular weight is 640 g/mol. The second-order valence-corrected chi connectivity index (χ2v) is 6.82. The summed E-state index contributed by atoms with van der Waals surface area (Å²) < 4.78 is 0.985. The SMILES string of the molecule is CN(C)[C-]=S.CN(C)[C-]=S.N[C-]=S.N[C-]=S.S=C(S)NCCNC(=S)S.[Zn+2].[Zn+2]. The average Bonchev–Trinajstić information content (AvgIpc) is 2.54. The molecule has 0 aromatic carbocycles. The Morgan fingerprint density at radius 1 is 0.750 bits per heavy atom. The van der Waals surface area contributed by atoms with Crippen molar-refractivity contribution in [2.45, 2.75) is 0 Å². The predicted molar refractivity (Wildman–Crippen MR) is 145 cm³/mol. The van der Waals surface area contributed by atoms with Crippen LogP contribution in [-0.4, -0.2) is 81.7 Å². The van der Waals surface area contributed by atoms with Gasteiger partial charge in [0.25, 0.3) is 0 Å². The monoisotopic (exact) mass is 636 g/mol. The van der Waals surface area contributed by atoms with Gasteiger partial charge in [0.2, 0.25) is 0 Å². The van der Waals surface area contributed by atoms with Crippen molar-refractivity contribution in [3.05, 3.63) is 0 Å². The second kappa shape index (κ2) is 46.5. The van der Waals surface area contributed by atoms with Crippen LogP contribution in [-0.2, 0) is 39.0 Å². The fourth-order valence-corrected chi connectivity index (χ4v) is 0.767. The number of hydrogen-bond donors (Lipinski definition) is 6. The van der Waals surface area contributed by atoms with E-state index in [1.807, 2.05) is 39.2 Å². The summed E-state index contributed by atoms with van der Waals surface area (Å²) in [5.74, 6) is 0. The molecule has 0 aliphatic heterocycles. The first kappa shape index (κ1) is 47.2. The maximum Gasteiger partial charge on any atom is 2.00 e. The van der Waals surface area contributed by atoms with E-state index < -0.39 is 0 Å². The van der Waals surface area contributed by atoms with E-state index in [1.165, 1.54) is 0 Å². The zero-order valence-electron chi connectivity index (χ0n) is 16.2. The molecule has 6 N–H and O–H groups in total. The predicted octanol–water partition coefficient (Wildman–Crippen LogP) is 0.913. The molecular formula is C12H24N6S8Zn2. The van der Waals surface area contributed by atoms with Gasteiger partial charge in [0.15, 0.2) is 0 Å². The summed E-state index contributed by atoms with van der Waals surface area (Å²) in [4.78, 5) is 3.38. The molecule has 0 saturated carbocycles. The fourth-order valence-electron chi connectivity index (χ4n) is 0.339. The van der Waals surface area contributed by atoms with E-state index in [0.717, 1.165) is 0 Å². The number of nitrogens with two attached hydrogens (primary N) is 2. The minimum Gasteiger partial charge on any atom is -0.570 e. The molecule has 0 unspecified atom stereocenters. The molecule has 0 saturated heterocycles. The maximum absolute atomic E-state index is 4.65. The van der Waals surface area contributed by atoms with E-state index in [0.29, 0.717) is 21.7 Å². The number of thiol groups is 2. The molecule has 16 heteroatoms. The molecule has 0 atom stereocenters. The van der Waals surface area contributed by atoms with Gasteiger partial charge in [0.05, 0.1) is 0 Å². The van der Waals surface area contributed by atoms with Crippen LogP contribution in [0.25, 0.3) is 0 Å². The van der Waals surface area contributed by atoms with Crippen LogP contribution in [0.4, 0.5) is 0 Å². The Bertz CT molecular complexity index is 342. The van der Waals surface area contributed by atoms with Crippen molar-refractivity contribution in [1.29, 1.82) is 0 Å². The van der Waals surface area contributed by atoms with E-state index in [4.69, 9.17) is 0 Å². The van der Waals surface area contributed by atoms with Gasteiger partial charge in [0.1, 0.15) is 8.64 Å². The Morgan fingerprint density at radius 2 is 0.893 bits per heavy atom. The molecule has 0 aliphatic rings. The minimum atomic E-state index is 0. The van der Waals surface area contributed by atoms with Crippen molar-refractivity contribution >= 4 is 129 Å². The number of rotatable bonds is 5. The van der Waals surface area contributed by atoms with Crippen molar-refractivity contribution in [1.82, 2.24) is 20.4 Å². The van der Waals surface area contributed by atoms with Gasteiger partial charge in [-0.05, 0) is 28.2 Å². The summed E-state index contributed by atoms with van der Waals surface area (Å²) in [5.41, 5.74) is 17.4. The van der Waals surface area contributed by atoms with Crippen molar-refractivity contribution in [3.8, 4) is 0 Å². The first-order valence-electron chi connectivity index (χ1n) is 6.19. The molecule has 0 aliphatic carbocycles. The van der Waals surface area contributed by atoms with Crippen LogP contribution in [0.1, 0.15) is 0 Å². The third-order valence-corrected chi connectivity index (χ3v) is 2.38. The van der Waals surface area contributed by atoms with E-state index >= 15 is 0 Å². The molecule has 0 heterocycles. The Kier molecular flexibility index (Phi) is 78.3. The number of nitrogens with zero attached hydrogens (tertiary/aromatic N) is 2. The van der Waals surface area contributed by atoms with E-state index in [9.17, 15) is 0 Å². The van der Waals surface area contributed by atoms with Crippen LogP contribution in [0, 0.1) is 0 Å². The maximum atomic E-state index is 4.65. The Hall–Kier alpha value is 1.29. The van der Waals surface area contributed by atoms with Crippen LogP contribution in [0.15, 0.2) is 0 Å². The van der Waals surface area contributed by atoms with Gasteiger partial charge in [-0.25, -0.2) is 0 Å². The van der Waals surface area contributed by atoms with Crippen molar-refractivity contribution < 1.29 is 39.0 Å². The van der Waals surface area contributed by atoms with Crippen molar-refractivity contribution in [2.75, 3.05) is 41.3 Å². The number of thiocarbonyl (C=S) groups is 6. The minimum absolute atomic E-state index is 0. The molecule has 154 valence electrons. The fraction of sp³-hybridized carbons (Fsp3) is 0.500. The summed E-state index contributed by atoms with van der Waals surface area (Å²) in [6, 6.07) is 0. The molecule has 6 nitrogen and oxygen atoms in total. The number of hydrogen-bond acceptors (Lipinski definition) is 6. The summed E-state index contributed by atoms with van der Waals surface area (Å²) in [6.07, 6.45) is 0. The molecular weight excluding hydrogens is 615 g/mol. The Morgan fingerprint density at radius 3 is 0.964 bits per heavy atom. The molecule has 0 fully saturated rings. The van der Waals surface area contributed by atoms with Crippen LogP contribution in [0.5, 0.6) is 0 Å². The molecule has 0 bridgehead atoms. The van der Waals surface area contributed by atoms with Crippen LogP contribution in [0.2, 0.25) is 0 Å². The summed E-state index contributed by atoms with van der Waals surface area (Å²) in [5, 5.41) is 5.68. The molecule has 0 rings (SSSR count). The molecule has 28 heavy (non-hydrogen) atoms. The van der Waals surface area contributed by atoms with Gasteiger partial charge in [-0.1, -0.05) is 24.4 Å². The third kappa shape index (κ3) is 125. The smallest absolute Gasteiger partial charge is 0.570 e. The molecule has 0 aromatic heterocycles. The van der Waals surface area contributed by atoms with Crippen LogP contribution in [0.3, 0.4) is 0 Å². The summed E-state index contributed by atoms with van der Waals surface area (Å²) in [6.45, 7) is 1.42. The molecule has 0 amide bonds. The Labute approximate surface area is 238 Å². The third-order valence-electron chi connectivity index (χ3n) is 1.04. The number of nitrogens with one attached hydrogen (secondary N) is 2. The second-order valence-electron chi connectivity index (χ2n) is 3.67. The van der Waals surface area contributed by atoms with E-state index in [1.54, 1.807) is 9.80 Å². The first-order chi connectivity index (χ1) is 12.0. The zero-order chi connectivity index (χ0) is 22.0. The normalized spacial score (nSPS) is 6.36. The summed E-state index contributed by atoms with van der Waals surface area (Å²) in [7, 11) is 7.36. The van der Waals surface area contributed by atoms with Gasteiger partial charge in [-0.15, -0.1) is 25.3 Å². The van der Waals surface area contributed by atoms with E-state index in [2.05, 4.69) is 132 Å². The van der Waals surface area contributed by atoms with Crippen LogP contribution >= 0.6 is 98.6 Å². The van der Waals surface area contributed by atoms with Gasteiger partial charge < -0.3 is 103 Å². The van der Waals surface area contributed by atoms with Crippen molar-refractivity contribution in [2.24, 2.45) is 11.5 Å². The van der Waals surface area contributed by atoms with E-state index in [-0.39, 0.29) is 39.0 Å². The van der Waals surface area contributed by atoms with Crippen LogP contribution < -0.4 is 22.1 Å². The molecule has 0 spiro atoms. The largest absolute Gasteiger partial charge is 2.00 e. The van der Waals surface area contributed by atoms with Gasteiger partial charge in [0, 0.05) is 13.1 Å². The quantitative estimate of drug-likeness (QED) is 0.0647.